The van der Waals surface area contributed by atoms with Gasteiger partial charge in [-0.15, -0.1) is 0 Å². The first-order valence-electron chi connectivity index (χ1n) is 7.32. The number of aliphatic carboxylic acids is 1. The van der Waals surface area contributed by atoms with Gasteiger partial charge in [0.25, 0.3) is 0 Å². The van der Waals surface area contributed by atoms with Crippen LogP contribution < -0.4 is 0 Å². The maximum atomic E-state index is 10.9. The fraction of sp³-hybridized carbons (Fsp3) is 0.471. The first-order chi connectivity index (χ1) is 9.79. The molecule has 2 aromatic rings. The molecule has 0 fully saturated rings. The monoisotopic (exact) mass is 288 g/mol. The lowest BCUT2D eigenvalue weighted by molar-refractivity contribution is -0.137. The summed E-state index contributed by atoms with van der Waals surface area (Å²) in [6, 6.07) is 8.25. The first-order valence-corrected chi connectivity index (χ1v) is 7.32. The number of carboxylic acid groups (broad SMARTS) is 1. The maximum Gasteiger partial charge on any atom is 0.304 e. The molecule has 0 spiro atoms. The number of aromatic nitrogens is 1. The minimum atomic E-state index is -0.750. The number of carbonyl (C=O) groups is 1. The van der Waals surface area contributed by atoms with Crippen LogP contribution in [0.4, 0.5) is 0 Å². The van der Waals surface area contributed by atoms with Crippen LogP contribution in [0.15, 0.2) is 24.3 Å². The van der Waals surface area contributed by atoms with E-state index in [9.17, 15) is 4.79 Å². The summed E-state index contributed by atoms with van der Waals surface area (Å²) < 4.78 is 0. The number of nitrogens with zero attached hydrogens (tertiary/aromatic N) is 1. The average molecular weight is 288 g/mol. The van der Waals surface area contributed by atoms with E-state index in [-0.39, 0.29) is 12.0 Å². The third-order valence-electron chi connectivity index (χ3n) is 3.92. The van der Waals surface area contributed by atoms with Crippen LogP contribution in [0.5, 0.6) is 0 Å². The molecule has 1 heterocycles. The van der Waals surface area contributed by atoms with E-state index in [1.54, 1.807) is 0 Å². The third-order valence-corrected chi connectivity index (χ3v) is 3.92. The maximum absolute atomic E-state index is 10.9. The standard InChI is InChI=1S/C17H24N2O2/c1-12-14(13-7-5-6-8-15(13)18-12)11-19(17(2,3)4)10-9-16(20)21/h5-8,18H,9-11H2,1-4H3,(H,20,21). The topological polar surface area (TPSA) is 56.3 Å². The van der Waals surface area contributed by atoms with Gasteiger partial charge in [0, 0.05) is 35.2 Å². The molecule has 0 saturated heterocycles. The summed E-state index contributed by atoms with van der Waals surface area (Å²) in [4.78, 5) is 16.5. The number of benzene rings is 1. The molecular weight excluding hydrogens is 264 g/mol. The molecule has 2 rings (SSSR count). The quantitative estimate of drug-likeness (QED) is 0.884. The summed E-state index contributed by atoms with van der Waals surface area (Å²) in [5.41, 5.74) is 3.48. The van der Waals surface area contributed by atoms with Gasteiger partial charge in [0.15, 0.2) is 0 Å². The Bertz CT molecular complexity index is 638. The number of nitrogens with one attached hydrogen (secondary N) is 1. The molecule has 4 nitrogen and oxygen atoms in total. The zero-order valence-electron chi connectivity index (χ0n) is 13.2. The highest BCUT2D eigenvalue weighted by Crippen LogP contribution is 2.26. The molecule has 1 aromatic carbocycles. The highest BCUT2D eigenvalue weighted by atomic mass is 16.4. The Morgan fingerprint density at radius 1 is 1.29 bits per heavy atom. The van der Waals surface area contributed by atoms with Crippen LogP contribution in [0.1, 0.15) is 38.4 Å². The van der Waals surface area contributed by atoms with E-state index < -0.39 is 5.97 Å². The van der Waals surface area contributed by atoms with E-state index in [4.69, 9.17) is 5.11 Å². The third kappa shape index (κ3) is 3.64. The number of hydrogen-bond donors (Lipinski definition) is 2. The SMILES string of the molecule is Cc1[nH]c2ccccc2c1CN(CCC(=O)O)C(C)(C)C. The van der Waals surface area contributed by atoms with Gasteiger partial charge in [-0.1, -0.05) is 18.2 Å². The highest BCUT2D eigenvalue weighted by Gasteiger charge is 2.23. The number of aromatic amines is 1. The van der Waals surface area contributed by atoms with Crippen LogP contribution in [-0.2, 0) is 11.3 Å². The van der Waals surface area contributed by atoms with E-state index in [0.717, 1.165) is 17.8 Å². The Morgan fingerprint density at radius 2 is 1.95 bits per heavy atom. The van der Waals surface area contributed by atoms with Gasteiger partial charge in [0.2, 0.25) is 0 Å². The van der Waals surface area contributed by atoms with Crippen molar-refractivity contribution >= 4 is 16.9 Å². The first kappa shape index (κ1) is 15.6. The van der Waals surface area contributed by atoms with Crippen molar-refractivity contribution in [3.63, 3.8) is 0 Å². The fourth-order valence-corrected chi connectivity index (χ4v) is 2.61. The minimum Gasteiger partial charge on any atom is -0.481 e. The van der Waals surface area contributed by atoms with Crippen LogP contribution in [-0.4, -0.2) is 33.0 Å². The molecule has 21 heavy (non-hydrogen) atoms. The summed E-state index contributed by atoms with van der Waals surface area (Å²) in [7, 11) is 0. The highest BCUT2D eigenvalue weighted by molar-refractivity contribution is 5.84. The number of H-pyrrole nitrogens is 1. The van der Waals surface area contributed by atoms with Gasteiger partial charge in [-0.3, -0.25) is 9.69 Å². The van der Waals surface area contributed by atoms with Gasteiger partial charge >= 0.3 is 5.97 Å². The van der Waals surface area contributed by atoms with Crippen molar-refractivity contribution in [2.45, 2.75) is 46.2 Å². The lowest BCUT2D eigenvalue weighted by Gasteiger charge is -2.35. The number of hydrogen-bond acceptors (Lipinski definition) is 2. The molecule has 0 aliphatic heterocycles. The van der Waals surface area contributed by atoms with Crippen molar-refractivity contribution in [1.29, 1.82) is 0 Å². The summed E-state index contributed by atoms with van der Waals surface area (Å²) >= 11 is 0. The van der Waals surface area contributed by atoms with Crippen molar-refractivity contribution in [3.05, 3.63) is 35.5 Å². The molecule has 0 amide bonds. The zero-order valence-corrected chi connectivity index (χ0v) is 13.2. The van der Waals surface area contributed by atoms with E-state index in [1.807, 2.05) is 12.1 Å². The number of aryl methyl sites for hydroxylation is 1. The van der Waals surface area contributed by atoms with Crippen LogP contribution in [0.3, 0.4) is 0 Å². The van der Waals surface area contributed by atoms with Crippen LogP contribution >= 0.6 is 0 Å². The van der Waals surface area contributed by atoms with E-state index in [2.05, 4.69) is 49.7 Å². The summed E-state index contributed by atoms with van der Waals surface area (Å²) in [6.45, 7) is 9.76. The fourth-order valence-electron chi connectivity index (χ4n) is 2.61. The van der Waals surface area contributed by atoms with Gasteiger partial charge in [-0.05, 0) is 39.3 Å². The van der Waals surface area contributed by atoms with E-state index in [0.29, 0.717) is 6.54 Å². The van der Waals surface area contributed by atoms with E-state index in [1.165, 1.54) is 10.9 Å². The zero-order chi connectivity index (χ0) is 15.6. The minimum absolute atomic E-state index is 0.0692. The largest absolute Gasteiger partial charge is 0.481 e. The molecule has 0 aliphatic rings. The molecule has 0 aliphatic carbocycles. The van der Waals surface area contributed by atoms with Gasteiger partial charge < -0.3 is 10.1 Å². The van der Waals surface area contributed by atoms with Gasteiger partial charge in [-0.25, -0.2) is 0 Å². The molecular formula is C17H24N2O2. The normalized spacial score (nSPS) is 12.2. The molecule has 114 valence electrons. The predicted molar refractivity (Wildman–Crippen MR) is 85.5 cm³/mol. The summed E-state index contributed by atoms with van der Waals surface area (Å²) in [6.07, 6.45) is 0.165. The van der Waals surface area contributed by atoms with E-state index >= 15 is 0 Å². The predicted octanol–water partition coefficient (Wildman–Crippen LogP) is 3.55. The second-order valence-electron chi connectivity index (χ2n) is 6.51. The van der Waals surface area contributed by atoms with Crippen molar-refractivity contribution in [2.75, 3.05) is 6.54 Å². The Balaban J connectivity index is 2.30. The summed E-state index contributed by atoms with van der Waals surface area (Å²) in [5, 5.41) is 10.2. The molecule has 0 unspecified atom stereocenters. The molecule has 0 saturated carbocycles. The Kier molecular flexibility index (Phi) is 4.37. The molecule has 4 heteroatoms. The van der Waals surface area contributed by atoms with Crippen molar-refractivity contribution in [2.24, 2.45) is 0 Å². The van der Waals surface area contributed by atoms with Crippen LogP contribution in [0, 0.1) is 6.92 Å². The van der Waals surface area contributed by atoms with Gasteiger partial charge in [-0.2, -0.15) is 0 Å². The lowest BCUT2D eigenvalue weighted by atomic mass is 10.0. The molecule has 0 radical (unpaired) electrons. The Labute approximate surface area is 125 Å². The summed E-state index contributed by atoms with van der Waals surface area (Å²) in [5.74, 6) is -0.750. The van der Waals surface area contributed by atoms with Crippen LogP contribution in [0.2, 0.25) is 0 Å². The Hall–Kier alpha value is -1.81. The molecule has 1 aromatic heterocycles. The number of carboxylic acids is 1. The lowest BCUT2D eigenvalue weighted by Crippen LogP contribution is -2.42. The molecule has 2 N–H and O–H groups in total. The van der Waals surface area contributed by atoms with Crippen LogP contribution in [0.25, 0.3) is 10.9 Å². The Morgan fingerprint density at radius 3 is 2.57 bits per heavy atom. The smallest absolute Gasteiger partial charge is 0.304 e. The number of fused-ring (bicyclic) bond motifs is 1. The second-order valence-corrected chi connectivity index (χ2v) is 6.51. The van der Waals surface area contributed by atoms with Crippen molar-refractivity contribution < 1.29 is 9.90 Å². The second kappa shape index (κ2) is 5.90. The van der Waals surface area contributed by atoms with Gasteiger partial charge in [0.05, 0.1) is 6.42 Å². The van der Waals surface area contributed by atoms with Gasteiger partial charge in [0.1, 0.15) is 0 Å². The van der Waals surface area contributed by atoms with Crippen molar-refractivity contribution in [3.8, 4) is 0 Å². The molecule has 0 bridgehead atoms. The average Bonchev–Trinajstić information content (AvgIpc) is 2.68. The van der Waals surface area contributed by atoms with Crippen molar-refractivity contribution in [1.82, 2.24) is 9.88 Å². The number of rotatable bonds is 5. The number of para-hydroxylation sites is 1. The molecule has 0 atom stereocenters.